The number of carbonyl (C=O) groups is 2. The van der Waals surface area contributed by atoms with Gasteiger partial charge >= 0.3 is 12.0 Å². The zero-order valence-corrected chi connectivity index (χ0v) is 17.3. The summed E-state index contributed by atoms with van der Waals surface area (Å²) in [5.41, 5.74) is 0.473. The van der Waals surface area contributed by atoms with Crippen molar-refractivity contribution in [1.29, 1.82) is 0 Å². The van der Waals surface area contributed by atoms with E-state index in [0.29, 0.717) is 55.0 Å². The zero-order chi connectivity index (χ0) is 20.2. The molecule has 3 aromatic heterocycles. The molecule has 1 fully saturated rings. The normalized spacial score (nSPS) is 14.7. The Morgan fingerprint density at radius 1 is 1.21 bits per heavy atom. The first-order chi connectivity index (χ1) is 14.1. The Kier molecular flexibility index (Phi) is 5.88. The van der Waals surface area contributed by atoms with Gasteiger partial charge in [-0.3, -0.25) is 4.90 Å². The number of amides is 2. The molecule has 1 saturated heterocycles. The minimum absolute atomic E-state index is 0.231. The lowest BCUT2D eigenvalue weighted by Gasteiger charge is -2.33. The van der Waals surface area contributed by atoms with Crippen LogP contribution >= 0.6 is 22.7 Å². The number of hydrogen-bond acceptors (Lipinski definition) is 9. The van der Waals surface area contributed by atoms with Crippen molar-refractivity contribution in [1.82, 2.24) is 19.9 Å². The minimum atomic E-state index is -0.457. The summed E-state index contributed by atoms with van der Waals surface area (Å²) in [6.07, 6.45) is 0. The molecule has 0 radical (unpaired) electrons. The molecule has 0 atom stereocenters. The van der Waals surface area contributed by atoms with Gasteiger partial charge in [0, 0.05) is 26.2 Å². The summed E-state index contributed by atoms with van der Waals surface area (Å²) in [5, 5.41) is 10.5. The number of methoxy groups -OCH3 is 1. The fourth-order valence-electron chi connectivity index (χ4n) is 2.98. The SMILES string of the molecule is COC(=O)c1sccc1NC(=O)N1CCN(Cc2nc(-c3cccs3)no2)CC1. The van der Waals surface area contributed by atoms with Gasteiger partial charge in [0.2, 0.25) is 11.7 Å². The number of nitrogens with one attached hydrogen (secondary N) is 1. The van der Waals surface area contributed by atoms with E-state index in [4.69, 9.17) is 9.26 Å². The van der Waals surface area contributed by atoms with Crippen molar-refractivity contribution in [2.24, 2.45) is 0 Å². The number of anilines is 1. The summed E-state index contributed by atoms with van der Waals surface area (Å²) in [6, 6.07) is 5.37. The lowest BCUT2D eigenvalue weighted by atomic mass is 10.3. The molecule has 3 aromatic rings. The van der Waals surface area contributed by atoms with Gasteiger partial charge < -0.3 is 19.5 Å². The van der Waals surface area contributed by atoms with Crippen molar-refractivity contribution < 1.29 is 18.8 Å². The maximum atomic E-state index is 12.5. The van der Waals surface area contributed by atoms with Crippen molar-refractivity contribution in [2.45, 2.75) is 6.54 Å². The summed E-state index contributed by atoms with van der Waals surface area (Å²) >= 11 is 2.80. The first-order valence-electron chi connectivity index (χ1n) is 8.94. The average Bonchev–Trinajstić information content (AvgIpc) is 3.49. The number of esters is 1. The van der Waals surface area contributed by atoms with E-state index in [0.717, 1.165) is 4.88 Å². The highest BCUT2D eigenvalue weighted by atomic mass is 32.1. The van der Waals surface area contributed by atoms with Gasteiger partial charge in [0.1, 0.15) is 4.88 Å². The number of carbonyl (C=O) groups excluding carboxylic acids is 2. The van der Waals surface area contributed by atoms with E-state index in [1.807, 2.05) is 17.5 Å². The second-order valence-electron chi connectivity index (χ2n) is 6.34. The molecule has 0 unspecified atom stereocenters. The molecular formula is C18H19N5O4S2. The van der Waals surface area contributed by atoms with Gasteiger partial charge in [0.15, 0.2) is 0 Å². The first kappa shape index (κ1) is 19.6. The first-order valence-corrected chi connectivity index (χ1v) is 10.7. The Morgan fingerprint density at radius 3 is 2.76 bits per heavy atom. The van der Waals surface area contributed by atoms with E-state index in [1.165, 1.54) is 18.4 Å². The Balaban J connectivity index is 1.29. The van der Waals surface area contributed by atoms with Gasteiger partial charge in [0.25, 0.3) is 0 Å². The molecule has 29 heavy (non-hydrogen) atoms. The molecule has 4 heterocycles. The molecule has 1 aliphatic heterocycles. The summed E-state index contributed by atoms with van der Waals surface area (Å²) in [5.74, 6) is 0.707. The van der Waals surface area contributed by atoms with E-state index in [-0.39, 0.29) is 6.03 Å². The molecule has 0 saturated carbocycles. The number of ether oxygens (including phenoxy) is 1. The highest BCUT2D eigenvalue weighted by Gasteiger charge is 2.24. The third kappa shape index (κ3) is 4.47. The molecule has 11 heteroatoms. The molecular weight excluding hydrogens is 414 g/mol. The van der Waals surface area contributed by atoms with Crippen molar-refractivity contribution in [2.75, 3.05) is 38.6 Å². The van der Waals surface area contributed by atoms with Gasteiger partial charge in [-0.25, -0.2) is 9.59 Å². The van der Waals surface area contributed by atoms with Crippen LogP contribution in [0.15, 0.2) is 33.5 Å². The van der Waals surface area contributed by atoms with Crippen molar-refractivity contribution in [3.8, 4) is 10.7 Å². The standard InChI is InChI=1S/C18H19N5O4S2/c1-26-17(24)15-12(4-10-29-15)19-18(25)23-7-5-22(6-8-23)11-14-20-16(21-27-14)13-3-2-9-28-13/h2-4,9-10H,5-8,11H2,1H3,(H,19,25). The van der Waals surface area contributed by atoms with E-state index >= 15 is 0 Å². The Hall–Kier alpha value is -2.76. The maximum absolute atomic E-state index is 12.5. The van der Waals surface area contributed by atoms with Crippen LogP contribution in [-0.4, -0.2) is 65.2 Å². The Labute approximate surface area is 174 Å². The smallest absolute Gasteiger partial charge is 0.350 e. The number of urea groups is 1. The highest BCUT2D eigenvalue weighted by molar-refractivity contribution is 7.13. The second kappa shape index (κ2) is 8.72. The van der Waals surface area contributed by atoms with Crippen LogP contribution in [0.1, 0.15) is 15.6 Å². The van der Waals surface area contributed by atoms with Gasteiger partial charge in [-0.2, -0.15) is 4.98 Å². The predicted octanol–water partition coefficient (Wildman–Crippen LogP) is 3.00. The summed E-state index contributed by atoms with van der Waals surface area (Å²) in [7, 11) is 1.32. The molecule has 0 bridgehead atoms. The third-order valence-electron chi connectivity index (χ3n) is 4.51. The fourth-order valence-corrected chi connectivity index (χ4v) is 4.39. The van der Waals surface area contributed by atoms with Crippen molar-refractivity contribution in [3.05, 3.63) is 39.7 Å². The molecule has 1 N–H and O–H groups in total. The van der Waals surface area contributed by atoms with Crippen LogP contribution in [0.4, 0.5) is 10.5 Å². The van der Waals surface area contributed by atoms with Gasteiger partial charge in [-0.15, -0.1) is 22.7 Å². The molecule has 1 aliphatic rings. The van der Waals surface area contributed by atoms with Gasteiger partial charge in [0.05, 0.1) is 24.2 Å². The van der Waals surface area contributed by atoms with E-state index < -0.39 is 5.97 Å². The molecule has 0 spiro atoms. The number of aromatic nitrogens is 2. The topological polar surface area (TPSA) is 101 Å². The van der Waals surface area contributed by atoms with Crippen LogP contribution in [0.5, 0.6) is 0 Å². The van der Waals surface area contributed by atoms with Crippen molar-refractivity contribution in [3.63, 3.8) is 0 Å². The highest BCUT2D eigenvalue weighted by Crippen LogP contribution is 2.24. The lowest BCUT2D eigenvalue weighted by Crippen LogP contribution is -2.49. The number of rotatable bonds is 5. The largest absolute Gasteiger partial charge is 0.465 e. The van der Waals surface area contributed by atoms with E-state index in [9.17, 15) is 9.59 Å². The summed E-state index contributed by atoms with van der Waals surface area (Å²) in [4.78, 5) is 34.0. The second-order valence-corrected chi connectivity index (χ2v) is 8.20. The predicted molar refractivity (Wildman–Crippen MR) is 109 cm³/mol. The summed E-state index contributed by atoms with van der Waals surface area (Å²) < 4.78 is 10.1. The molecule has 2 amide bonds. The minimum Gasteiger partial charge on any atom is -0.465 e. The molecule has 152 valence electrons. The number of piperazine rings is 1. The van der Waals surface area contributed by atoms with Crippen LogP contribution in [0.2, 0.25) is 0 Å². The fraction of sp³-hybridized carbons (Fsp3) is 0.333. The van der Waals surface area contributed by atoms with Crippen LogP contribution < -0.4 is 5.32 Å². The zero-order valence-electron chi connectivity index (χ0n) is 15.7. The molecule has 9 nitrogen and oxygen atoms in total. The Morgan fingerprint density at radius 2 is 2.03 bits per heavy atom. The van der Waals surface area contributed by atoms with E-state index in [2.05, 4.69) is 20.4 Å². The monoisotopic (exact) mass is 433 g/mol. The van der Waals surface area contributed by atoms with Crippen LogP contribution in [0.3, 0.4) is 0 Å². The number of nitrogens with zero attached hydrogens (tertiary/aromatic N) is 4. The maximum Gasteiger partial charge on any atom is 0.350 e. The van der Waals surface area contributed by atoms with Crippen LogP contribution in [0.25, 0.3) is 10.7 Å². The third-order valence-corrected chi connectivity index (χ3v) is 6.27. The van der Waals surface area contributed by atoms with Crippen LogP contribution in [0, 0.1) is 0 Å². The van der Waals surface area contributed by atoms with E-state index in [1.54, 1.807) is 27.7 Å². The number of hydrogen-bond donors (Lipinski definition) is 1. The molecule has 0 aromatic carbocycles. The summed E-state index contributed by atoms with van der Waals surface area (Å²) in [6.45, 7) is 3.06. The quantitative estimate of drug-likeness (QED) is 0.617. The molecule has 0 aliphatic carbocycles. The molecule has 4 rings (SSSR count). The lowest BCUT2D eigenvalue weighted by molar-refractivity contribution is 0.0607. The van der Waals surface area contributed by atoms with Crippen LogP contribution in [-0.2, 0) is 11.3 Å². The van der Waals surface area contributed by atoms with Gasteiger partial charge in [-0.1, -0.05) is 11.2 Å². The van der Waals surface area contributed by atoms with Gasteiger partial charge in [-0.05, 0) is 22.9 Å². The van der Waals surface area contributed by atoms with Crippen molar-refractivity contribution >= 4 is 40.4 Å². The average molecular weight is 434 g/mol. The number of thiophene rings is 2. The Bertz CT molecular complexity index is 976.